The lowest BCUT2D eigenvalue weighted by molar-refractivity contribution is -0.137. The van der Waals surface area contributed by atoms with Crippen LogP contribution in [-0.4, -0.2) is 44.3 Å². The predicted molar refractivity (Wildman–Crippen MR) is 136 cm³/mol. The van der Waals surface area contributed by atoms with Gasteiger partial charge in [0.05, 0.1) is 17.3 Å². The van der Waals surface area contributed by atoms with E-state index in [0.717, 1.165) is 24.3 Å². The molecule has 0 aliphatic heterocycles. The molecule has 13 heteroatoms. The van der Waals surface area contributed by atoms with Crippen LogP contribution in [0.25, 0.3) is 22.2 Å². The lowest BCUT2D eigenvalue weighted by atomic mass is 10.1. The second kappa shape index (κ2) is 10.7. The predicted octanol–water partition coefficient (Wildman–Crippen LogP) is 4.98. The first-order chi connectivity index (χ1) is 18.2. The van der Waals surface area contributed by atoms with E-state index in [1.54, 1.807) is 25.1 Å². The van der Waals surface area contributed by atoms with E-state index in [2.05, 4.69) is 14.7 Å². The first-order valence-corrected chi connectivity index (χ1v) is 13.2. The summed E-state index contributed by atoms with van der Waals surface area (Å²) in [5, 5.41) is -0.186. The average Bonchev–Trinajstić information content (AvgIpc) is 3.30. The number of ketones is 1. The van der Waals surface area contributed by atoms with Gasteiger partial charge in [0.2, 0.25) is 11.0 Å². The number of furan rings is 1. The fourth-order valence-electron chi connectivity index (χ4n) is 3.74. The molecule has 0 aliphatic rings. The molecular formula is C26H24F4N4O4S. The van der Waals surface area contributed by atoms with Crippen molar-refractivity contribution in [3.8, 4) is 11.3 Å². The van der Waals surface area contributed by atoms with Crippen molar-refractivity contribution in [2.45, 2.75) is 37.1 Å². The van der Waals surface area contributed by atoms with E-state index >= 15 is 0 Å². The Hall–Kier alpha value is -3.84. The molecule has 0 amide bonds. The maximum absolute atomic E-state index is 13.4. The fourth-order valence-corrected chi connectivity index (χ4v) is 4.93. The number of sulfonamides is 1. The van der Waals surface area contributed by atoms with Gasteiger partial charge in [-0.2, -0.15) is 17.9 Å². The number of benzene rings is 2. The number of anilines is 1. The Bertz CT molecular complexity index is 1620. The van der Waals surface area contributed by atoms with Crippen LogP contribution < -0.4 is 9.62 Å². The van der Waals surface area contributed by atoms with Crippen LogP contribution in [0.15, 0.2) is 64.1 Å². The smallest absolute Gasteiger partial charge is 0.416 e. The summed E-state index contributed by atoms with van der Waals surface area (Å²) in [6.45, 7) is 1.39. The summed E-state index contributed by atoms with van der Waals surface area (Å²) in [6.07, 6.45) is -4.41. The van der Waals surface area contributed by atoms with Gasteiger partial charge >= 0.3 is 6.18 Å². The van der Waals surface area contributed by atoms with E-state index in [9.17, 15) is 30.8 Å². The van der Waals surface area contributed by atoms with E-state index in [-0.39, 0.29) is 23.8 Å². The molecule has 0 saturated carbocycles. The van der Waals surface area contributed by atoms with Crippen molar-refractivity contribution >= 4 is 32.7 Å². The highest BCUT2D eigenvalue weighted by atomic mass is 32.2. The Morgan fingerprint density at radius 3 is 2.38 bits per heavy atom. The van der Waals surface area contributed by atoms with Gasteiger partial charge in [0.1, 0.15) is 11.4 Å². The first kappa shape index (κ1) is 28.2. The molecular weight excluding hydrogens is 540 g/mol. The standard InChI is InChI=1S/C26H24F4N4O4S/c1-15(33-39(36,37)24-13-17-12-19(27)8-11-23(17)38-24)22(35)10-9-20-14-21(32-25(31-20)34(2)3)16-4-6-18(7-5-16)26(28,29)30/h4-8,11-15,33H,9-10H2,1-3H3/t15-/m0/s1. The van der Waals surface area contributed by atoms with Crippen molar-refractivity contribution in [1.29, 1.82) is 0 Å². The van der Waals surface area contributed by atoms with Crippen LogP contribution in [-0.2, 0) is 27.4 Å². The van der Waals surface area contributed by atoms with Crippen molar-refractivity contribution in [3.05, 3.63) is 71.7 Å². The molecule has 0 saturated heterocycles. The van der Waals surface area contributed by atoms with Crippen molar-refractivity contribution < 1.29 is 35.2 Å². The highest BCUT2D eigenvalue weighted by molar-refractivity contribution is 7.89. The van der Waals surface area contributed by atoms with Crippen LogP contribution in [0.5, 0.6) is 0 Å². The first-order valence-electron chi connectivity index (χ1n) is 11.7. The highest BCUT2D eigenvalue weighted by Crippen LogP contribution is 2.31. The van der Waals surface area contributed by atoms with E-state index in [1.807, 2.05) is 0 Å². The monoisotopic (exact) mass is 564 g/mol. The molecule has 2 aromatic heterocycles. The number of hydrogen-bond acceptors (Lipinski definition) is 7. The van der Waals surface area contributed by atoms with Gasteiger partial charge in [-0.1, -0.05) is 12.1 Å². The normalized spacial score (nSPS) is 13.0. The minimum Gasteiger partial charge on any atom is -0.443 e. The Labute approximate surface area is 221 Å². The van der Waals surface area contributed by atoms with E-state index in [0.29, 0.717) is 22.9 Å². The molecule has 206 valence electrons. The Balaban J connectivity index is 1.47. The molecule has 2 heterocycles. The largest absolute Gasteiger partial charge is 0.443 e. The van der Waals surface area contributed by atoms with Gasteiger partial charge in [0, 0.05) is 43.2 Å². The molecule has 0 aliphatic carbocycles. The molecule has 8 nitrogen and oxygen atoms in total. The zero-order valence-electron chi connectivity index (χ0n) is 21.1. The molecule has 0 fully saturated rings. The number of alkyl halides is 3. The zero-order valence-corrected chi connectivity index (χ0v) is 21.9. The SMILES string of the molecule is C[C@H](NS(=O)(=O)c1cc2cc(F)ccc2o1)C(=O)CCc1cc(-c2ccc(C(F)(F)F)cc2)nc(N(C)C)n1. The second-order valence-corrected chi connectivity index (χ2v) is 10.7. The molecule has 1 atom stereocenters. The second-order valence-electron chi connectivity index (χ2n) is 9.07. The van der Waals surface area contributed by atoms with Gasteiger partial charge < -0.3 is 9.32 Å². The number of hydrogen-bond donors (Lipinski definition) is 1. The van der Waals surface area contributed by atoms with Crippen LogP contribution in [0.4, 0.5) is 23.5 Å². The summed E-state index contributed by atoms with van der Waals surface area (Å²) in [5.74, 6) is -0.681. The topological polar surface area (TPSA) is 105 Å². The maximum atomic E-state index is 13.4. The summed E-state index contributed by atoms with van der Waals surface area (Å²) >= 11 is 0. The summed E-state index contributed by atoms with van der Waals surface area (Å²) in [6, 6.07) is 9.76. The molecule has 2 aromatic carbocycles. The third-order valence-electron chi connectivity index (χ3n) is 5.84. The van der Waals surface area contributed by atoms with Crippen LogP contribution >= 0.6 is 0 Å². The Kier molecular flexibility index (Phi) is 7.75. The number of nitrogens with one attached hydrogen (secondary N) is 1. The van der Waals surface area contributed by atoms with Gasteiger partial charge in [-0.15, -0.1) is 0 Å². The van der Waals surface area contributed by atoms with Crippen LogP contribution in [0.1, 0.15) is 24.6 Å². The van der Waals surface area contributed by atoms with Gasteiger partial charge in [0.25, 0.3) is 10.0 Å². The lowest BCUT2D eigenvalue weighted by Gasteiger charge is -2.15. The fraction of sp³-hybridized carbons (Fsp3) is 0.269. The average molecular weight is 565 g/mol. The Morgan fingerprint density at radius 2 is 1.74 bits per heavy atom. The van der Waals surface area contributed by atoms with Crippen LogP contribution in [0, 0.1) is 5.82 Å². The van der Waals surface area contributed by atoms with Crippen LogP contribution in [0.3, 0.4) is 0 Å². The summed E-state index contributed by atoms with van der Waals surface area (Å²) in [5.41, 5.74) is 0.657. The molecule has 4 aromatic rings. The molecule has 0 unspecified atom stereocenters. The number of carbonyl (C=O) groups excluding carboxylic acids is 1. The number of Topliss-reactive ketones (excluding diaryl/α,β-unsaturated/α-hetero) is 1. The third-order valence-corrected chi connectivity index (χ3v) is 7.23. The molecule has 39 heavy (non-hydrogen) atoms. The van der Waals surface area contributed by atoms with Gasteiger partial charge in [-0.05, 0) is 49.7 Å². The molecule has 4 rings (SSSR count). The van der Waals surface area contributed by atoms with Gasteiger partial charge in [-0.3, -0.25) is 4.79 Å². The summed E-state index contributed by atoms with van der Waals surface area (Å²) in [4.78, 5) is 23.2. The zero-order chi connectivity index (χ0) is 28.5. The number of halogens is 4. The van der Waals surface area contributed by atoms with Crippen LogP contribution in [0.2, 0.25) is 0 Å². The van der Waals surface area contributed by atoms with Crippen molar-refractivity contribution in [3.63, 3.8) is 0 Å². The van der Waals surface area contributed by atoms with E-state index < -0.39 is 44.5 Å². The quantitative estimate of drug-likeness (QED) is 0.286. The number of rotatable bonds is 9. The number of fused-ring (bicyclic) bond motifs is 1. The summed E-state index contributed by atoms with van der Waals surface area (Å²) < 4.78 is 85.3. The number of carbonyl (C=O) groups is 1. The number of aryl methyl sites for hydroxylation is 1. The van der Waals surface area contributed by atoms with E-state index in [4.69, 9.17) is 4.42 Å². The molecule has 0 bridgehead atoms. The molecule has 0 spiro atoms. The van der Waals surface area contributed by atoms with Crippen molar-refractivity contribution in [2.24, 2.45) is 0 Å². The van der Waals surface area contributed by atoms with Gasteiger partial charge in [0.15, 0.2) is 5.78 Å². The minimum atomic E-state index is -4.47. The number of nitrogens with zero attached hydrogens (tertiary/aromatic N) is 3. The van der Waals surface area contributed by atoms with Crippen molar-refractivity contribution in [2.75, 3.05) is 19.0 Å². The third kappa shape index (κ3) is 6.60. The summed E-state index contributed by atoms with van der Waals surface area (Å²) in [7, 11) is -0.812. The lowest BCUT2D eigenvalue weighted by Crippen LogP contribution is -2.38. The molecule has 0 radical (unpaired) electrons. The maximum Gasteiger partial charge on any atom is 0.416 e. The number of aromatic nitrogens is 2. The van der Waals surface area contributed by atoms with Gasteiger partial charge in [-0.25, -0.2) is 22.8 Å². The Morgan fingerprint density at radius 1 is 1.05 bits per heavy atom. The molecule has 1 N–H and O–H groups in total. The van der Waals surface area contributed by atoms with E-state index in [1.165, 1.54) is 31.2 Å². The highest BCUT2D eigenvalue weighted by Gasteiger charge is 2.30. The van der Waals surface area contributed by atoms with Crippen molar-refractivity contribution in [1.82, 2.24) is 14.7 Å². The minimum absolute atomic E-state index is 0.0780.